The fraction of sp³-hybridized carbons (Fsp3) is 0.0568. The van der Waals surface area contributed by atoms with Gasteiger partial charge < -0.3 is 0 Å². The molecule has 0 unspecified atom stereocenters. The van der Waals surface area contributed by atoms with E-state index in [2.05, 4.69) is 205 Å². The Morgan fingerprint density at radius 1 is 0.200 bits per heavy atom. The summed E-state index contributed by atoms with van der Waals surface area (Å²) >= 11 is 0. The van der Waals surface area contributed by atoms with E-state index in [1.54, 1.807) is 12.4 Å². The molecule has 20 aromatic rings. The molecular weight excluding hydrogens is 1160 g/mol. The van der Waals surface area contributed by atoms with Gasteiger partial charge in [0.25, 0.3) is 0 Å². The summed E-state index contributed by atoms with van der Waals surface area (Å²) in [6, 6.07) is 79.1. The van der Waals surface area contributed by atoms with Crippen LogP contribution in [0, 0.1) is 34.5 Å². The molecule has 0 aliphatic rings. The lowest BCUT2D eigenvalue weighted by atomic mass is 9.94. The van der Waals surface area contributed by atoms with Gasteiger partial charge in [-0.05, 0) is 180 Å². The Kier molecular flexibility index (Phi) is 12.3. The van der Waals surface area contributed by atoms with Gasteiger partial charge in [-0.1, -0.05) is 210 Å². The summed E-state index contributed by atoms with van der Waals surface area (Å²) in [4.78, 5) is 30.9. The molecule has 7 heteroatoms. The van der Waals surface area contributed by atoms with E-state index in [1.165, 1.54) is 86.2 Å². The second kappa shape index (κ2) is 24.5. The van der Waals surface area contributed by atoms with Gasteiger partial charge in [-0.15, -0.1) is 0 Å². The van der Waals surface area contributed by atoms with Gasteiger partial charge in [-0.2, -0.15) is 0 Å². The largest absolute Gasteiger partial charge is 0.264 e. The topological polar surface area (TPSA) is 90.2 Å². The molecular formula is C88H73N7. The number of fused-ring (bicyclic) bond motifs is 30. The molecule has 0 saturated carbocycles. The number of pyridine rings is 7. The SMILES string of the molecule is [2H]Cc1ccc2c(c1)c1cccnc1c1cnccc21.[2H]Cc1ccc2c(c1)c1cccnc1c1ncccc21.[2H]Cc1ccc2c3ccccc3c3cccnc3c2c1.[2H]Cc1ccc2c3ccccc3c3ccncc3c2c1.[2H]Cc1ccc2c3ccccc3c3ccncc3c2c1.[2H][2H].[2H][2H].[2H][2H].[2H][2H].[2H][2H]. The molecule has 0 atom stereocenters. The monoisotopic (exact) mass is 1240 g/mol. The molecule has 7 heterocycles. The minimum atomic E-state index is 0.294. The van der Waals surface area contributed by atoms with Crippen LogP contribution in [0.1, 0.15) is 49.5 Å². The van der Waals surface area contributed by atoms with Crippen LogP contribution in [0.5, 0.6) is 0 Å². The molecule has 0 radical (unpaired) electrons. The van der Waals surface area contributed by atoms with Gasteiger partial charge in [0.05, 0.1) is 22.1 Å². The summed E-state index contributed by atoms with van der Waals surface area (Å²) in [6.45, 7) is 1.51. The van der Waals surface area contributed by atoms with Gasteiger partial charge in [0, 0.05) is 127 Å². The number of rotatable bonds is 0. The van der Waals surface area contributed by atoms with Crippen LogP contribution in [0.3, 0.4) is 0 Å². The second-order valence-electron chi connectivity index (χ2n) is 23.9. The normalized spacial score (nSPS) is 12.5. The average Bonchev–Trinajstić information content (AvgIpc) is 0.778. The number of benzene rings is 13. The number of hydrogen-bond donors (Lipinski definition) is 0. The Balaban J connectivity index is 0.000000132. The first-order valence-electron chi connectivity index (χ1n) is 40.0. The molecule has 0 bridgehead atoms. The Morgan fingerprint density at radius 3 is 0.811 bits per heavy atom. The highest BCUT2D eigenvalue weighted by Gasteiger charge is 2.14. The Bertz CT molecular complexity index is 5510. The summed E-state index contributed by atoms with van der Waals surface area (Å²) in [5.41, 5.74) is 9.02. The van der Waals surface area contributed by atoms with Crippen molar-refractivity contribution in [1.82, 2.24) is 34.9 Å². The van der Waals surface area contributed by atoms with Crippen LogP contribution in [0.25, 0.3) is 162 Å². The highest BCUT2D eigenvalue weighted by Crippen LogP contribution is 2.39. The van der Waals surface area contributed by atoms with E-state index < -0.39 is 0 Å². The summed E-state index contributed by atoms with van der Waals surface area (Å²) < 4.78 is 87.8. The average molecular weight is 1240 g/mol. The third-order valence-corrected chi connectivity index (χ3v) is 18.1. The number of aromatic nitrogens is 7. The maximum absolute atomic E-state index is 7.57. The predicted octanol–water partition coefficient (Wildman–Crippen LogP) is 24.3. The van der Waals surface area contributed by atoms with E-state index in [4.69, 9.17) is 21.7 Å². The van der Waals surface area contributed by atoms with Crippen molar-refractivity contribution in [2.75, 3.05) is 0 Å². The standard InChI is InChI=1S/3C18H13N.2C17H12N2.5H2/c1-12-8-9-15-13-5-2-3-6-14(13)16-7-4-10-19-18(16)17(15)11-12;2*1-12-6-7-15-13-4-2-3-5-14(13)16-8-9-19-11-18(16)17(15)10-12;1-11-6-7-12-13-4-2-8-18-16(13)17-14(15(12)10-11)5-3-9-19-17;1-11-4-5-12-13-6-8-18-10-16(13)17-14(15(12)9-11)3-2-7-19-17;;;;;/h3*2-11H,1H3;2*2-10H,1H3;5*1H/i5*1D;5*1+1D. The van der Waals surface area contributed by atoms with Crippen molar-refractivity contribution >= 4 is 162 Å². The highest BCUT2D eigenvalue weighted by molar-refractivity contribution is 6.28. The zero-order chi connectivity index (χ0) is 77.6. The molecule has 460 valence electrons. The molecule has 0 aliphatic heterocycles. The first kappa shape index (κ1) is 47.7. The molecule has 0 amide bonds. The highest BCUT2D eigenvalue weighted by atomic mass is 14.7. The van der Waals surface area contributed by atoms with E-state index in [9.17, 15) is 0 Å². The van der Waals surface area contributed by atoms with Crippen molar-refractivity contribution in [3.8, 4) is 0 Å². The van der Waals surface area contributed by atoms with E-state index in [0.717, 1.165) is 104 Å². The third kappa shape index (κ3) is 10.5. The number of aryl methyl sites for hydroxylation is 5. The minimum Gasteiger partial charge on any atom is -0.264 e. The molecule has 7 nitrogen and oxygen atoms in total. The second-order valence-corrected chi connectivity index (χ2v) is 23.9. The molecule has 0 aliphatic carbocycles. The lowest BCUT2D eigenvalue weighted by molar-refractivity contribution is 1.36. The number of hydrogen-bond acceptors (Lipinski definition) is 7. The van der Waals surface area contributed by atoms with Gasteiger partial charge in [0.1, 0.15) is 0 Å². The first-order chi connectivity index (χ1) is 54.4. The van der Waals surface area contributed by atoms with Crippen LogP contribution in [0.2, 0.25) is 0 Å². The van der Waals surface area contributed by atoms with Crippen molar-refractivity contribution in [3.63, 3.8) is 0 Å². The van der Waals surface area contributed by atoms with Gasteiger partial charge in [-0.25, -0.2) is 0 Å². The van der Waals surface area contributed by atoms with Crippen molar-refractivity contribution in [3.05, 3.63) is 320 Å². The summed E-state index contributed by atoms with van der Waals surface area (Å²) in [5, 5.41) is 31.0. The lowest BCUT2D eigenvalue weighted by Gasteiger charge is -2.10. The van der Waals surface area contributed by atoms with Crippen LogP contribution in [0.15, 0.2) is 292 Å². The zero-order valence-corrected chi connectivity index (χ0v) is 51.9. The number of nitrogens with zero attached hydrogens (tertiary/aromatic N) is 7. The maximum atomic E-state index is 7.57. The van der Waals surface area contributed by atoms with Crippen molar-refractivity contribution < 1.29 is 21.7 Å². The summed E-state index contributed by atoms with van der Waals surface area (Å²) in [7, 11) is 0. The van der Waals surface area contributed by atoms with Gasteiger partial charge in [-0.3, -0.25) is 34.9 Å². The fourth-order valence-electron chi connectivity index (χ4n) is 13.9. The maximum Gasteiger partial charge on any atom is 0.0970 e. The van der Waals surface area contributed by atoms with Gasteiger partial charge in [0.15, 0.2) is 0 Å². The van der Waals surface area contributed by atoms with E-state index in [1.807, 2.05) is 110 Å². The van der Waals surface area contributed by atoms with Crippen LogP contribution < -0.4 is 0 Å². The van der Waals surface area contributed by atoms with Crippen molar-refractivity contribution in [2.45, 2.75) is 34.5 Å². The smallest absolute Gasteiger partial charge is 0.0970 e. The first-order valence-corrected chi connectivity index (χ1v) is 31.5. The molecule has 0 spiro atoms. The van der Waals surface area contributed by atoms with Gasteiger partial charge >= 0.3 is 0 Å². The molecule has 0 saturated heterocycles. The molecule has 0 N–H and O–H groups in total. The Morgan fingerprint density at radius 2 is 0.432 bits per heavy atom. The van der Waals surface area contributed by atoms with Crippen LogP contribution in [0.4, 0.5) is 0 Å². The van der Waals surface area contributed by atoms with Crippen molar-refractivity contribution in [1.29, 1.82) is 0 Å². The molecule has 95 heavy (non-hydrogen) atoms. The fourth-order valence-corrected chi connectivity index (χ4v) is 13.9. The summed E-state index contributed by atoms with van der Waals surface area (Å²) in [5.74, 6) is 0. The van der Waals surface area contributed by atoms with Crippen LogP contribution >= 0.6 is 0 Å². The summed E-state index contributed by atoms with van der Waals surface area (Å²) in [6.07, 6.45) is 18.5. The zero-order valence-electron chi connectivity index (χ0n) is 66.9. The van der Waals surface area contributed by atoms with E-state index >= 15 is 0 Å². The lowest BCUT2D eigenvalue weighted by Crippen LogP contribution is -1.88. The molecule has 7 aromatic heterocycles. The van der Waals surface area contributed by atoms with E-state index in [0.29, 0.717) is 34.5 Å². The van der Waals surface area contributed by atoms with Crippen LogP contribution in [-0.4, -0.2) is 34.9 Å². The Labute approximate surface area is 571 Å². The minimum absolute atomic E-state index is 0.294. The molecule has 0 fully saturated rings. The third-order valence-electron chi connectivity index (χ3n) is 18.1. The Hall–Kier alpha value is -12.2. The molecule has 13 aromatic carbocycles. The quantitative estimate of drug-likeness (QED) is 0.140. The van der Waals surface area contributed by atoms with Crippen LogP contribution in [-0.2, 0) is 0 Å². The van der Waals surface area contributed by atoms with E-state index in [-0.39, 0.29) is 0 Å². The predicted molar refractivity (Wildman–Crippen MR) is 414 cm³/mol. The van der Waals surface area contributed by atoms with Gasteiger partial charge in [0.2, 0.25) is 0 Å². The van der Waals surface area contributed by atoms with Crippen molar-refractivity contribution in [2.24, 2.45) is 0 Å². The molecule has 20 rings (SSSR count).